The first-order valence-electron chi connectivity index (χ1n) is 10.6. The first kappa shape index (κ1) is 26.4. The van der Waals surface area contributed by atoms with Crippen molar-refractivity contribution in [1.82, 2.24) is 14.9 Å². The van der Waals surface area contributed by atoms with Gasteiger partial charge in [0.1, 0.15) is 17.6 Å². The molecule has 0 unspecified atom stereocenters. The van der Waals surface area contributed by atoms with E-state index < -0.39 is 34.1 Å². The summed E-state index contributed by atoms with van der Waals surface area (Å²) in [7, 11) is -2.47. The number of carbonyl (C=O) groups excluding carboxylic acids is 2. The van der Waals surface area contributed by atoms with Crippen molar-refractivity contribution in [2.24, 2.45) is 5.92 Å². The lowest BCUT2D eigenvalue weighted by Crippen LogP contribution is -2.57. The summed E-state index contributed by atoms with van der Waals surface area (Å²) in [5.74, 6) is -0.110. The number of ether oxygens (including phenoxy) is 1. The molecule has 33 heavy (non-hydrogen) atoms. The predicted octanol–water partition coefficient (Wildman–Crippen LogP) is 2.53. The second kappa shape index (κ2) is 10.8. The van der Waals surface area contributed by atoms with Gasteiger partial charge in [-0.3, -0.25) is 9.59 Å². The Morgan fingerprint density at radius 1 is 1.12 bits per heavy atom. The number of hydrogen-bond donors (Lipinski definition) is 2. The summed E-state index contributed by atoms with van der Waals surface area (Å²) in [5.41, 5.74) is -0.500. The summed E-state index contributed by atoms with van der Waals surface area (Å²) in [4.78, 5) is 27.6. The van der Waals surface area contributed by atoms with Gasteiger partial charge in [0, 0.05) is 5.54 Å². The highest BCUT2D eigenvalue weighted by Crippen LogP contribution is 2.19. The van der Waals surface area contributed by atoms with E-state index in [1.807, 2.05) is 34.6 Å². The lowest BCUT2D eigenvalue weighted by Gasteiger charge is -2.35. The fourth-order valence-corrected chi connectivity index (χ4v) is 4.23. The SMILES string of the molecule is COc1ccc(S(=O)(=O)NCC(=O)N(Cc2ccco2)[C@H](C(=O)NC(C)(C)C)C(C)C)cc1. The van der Waals surface area contributed by atoms with E-state index in [-0.39, 0.29) is 23.3 Å². The van der Waals surface area contributed by atoms with Crippen LogP contribution in [0.2, 0.25) is 0 Å². The maximum absolute atomic E-state index is 13.2. The van der Waals surface area contributed by atoms with E-state index in [2.05, 4.69) is 10.0 Å². The minimum atomic E-state index is -3.95. The molecule has 0 aliphatic carbocycles. The first-order chi connectivity index (χ1) is 15.3. The molecule has 2 amide bonds. The molecule has 1 heterocycles. The Labute approximate surface area is 195 Å². The number of furan rings is 1. The van der Waals surface area contributed by atoms with Crippen LogP contribution in [0.25, 0.3) is 0 Å². The van der Waals surface area contributed by atoms with Gasteiger partial charge in [-0.25, -0.2) is 13.1 Å². The number of rotatable bonds is 10. The van der Waals surface area contributed by atoms with Crippen LogP contribution in [-0.2, 0) is 26.2 Å². The van der Waals surface area contributed by atoms with Crippen LogP contribution in [0, 0.1) is 5.92 Å². The number of hydrogen-bond acceptors (Lipinski definition) is 6. The van der Waals surface area contributed by atoms with Crippen molar-refractivity contribution in [3.05, 3.63) is 48.4 Å². The number of nitrogens with zero attached hydrogens (tertiary/aromatic N) is 1. The number of carbonyl (C=O) groups is 2. The molecule has 2 N–H and O–H groups in total. The van der Waals surface area contributed by atoms with Gasteiger partial charge in [0.05, 0.1) is 31.4 Å². The summed E-state index contributed by atoms with van der Waals surface area (Å²) >= 11 is 0. The smallest absolute Gasteiger partial charge is 0.243 e. The Morgan fingerprint density at radius 3 is 2.24 bits per heavy atom. The molecule has 1 aromatic heterocycles. The van der Waals surface area contributed by atoms with Gasteiger partial charge in [0.25, 0.3) is 0 Å². The molecule has 0 saturated carbocycles. The summed E-state index contributed by atoms with van der Waals surface area (Å²) in [6.07, 6.45) is 1.48. The molecular formula is C23H33N3O6S. The Morgan fingerprint density at radius 2 is 1.76 bits per heavy atom. The second-order valence-corrected chi connectivity index (χ2v) is 10.8. The van der Waals surface area contributed by atoms with Crippen molar-refractivity contribution >= 4 is 21.8 Å². The quantitative estimate of drug-likeness (QED) is 0.541. The molecule has 2 aromatic rings. The van der Waals surface area contributed by atoms with Gasteiger partial charge in [-0.05, 0) is 63.1 Å². The molecule has 0 saturated heterocycles. The van der Waals surface area contributed by atoms with Crippen molar-refractivity contribution in [2.45, 2.75) is 57.6 Å². The molecule has 0 aliphatic heterocycles. The minimum Gasteiger partial charge on any atom is -0.497 e. The normalized spacial score (nSPS) is 12.9. The summed E-state index contributed by atoms with van der Waals surface area (Å²) in [6, 6.07) is 8.37. The number of sulfonamides is 1. The van der Waals surface area contributed by atoms with Gasteiger partial charge in [0.15, 0.2) is 0 Å². The number of methoxy groups -OCH3 is 1. The average Bonchev–Trinajstić information content (AvgIpc) is 3.23. The third kappa shape index (κ3) is 7.61. The molecular weight excluding hydrogens is 446 g/mol. The highest BCUT2D eigenvalue weighted by atomic mass is 32.2. The molecule has 10 heteroatoms. The molecule has 0 aliphatic rings. The highest BCUT2D eigenvalue weighted by molar-refractivity contribution is 7.89. The van der Waals surface area contributed by atoms with Crippen molar-refractivity contribution in [2.75, 3.05) is 13.7 Å². The van der Waals surface area contributed by atoms with Crippen molar-refractivity contribution in [3.8, 4) is 5.75 Å². The standard InChI is InChI=1S/C23H33N3O6S/c1-16(2)21(22(28)25-23(3,4)5)26(15-18-8-7-13-32-18)20(27)14-24-33(29,30)19-11-9-17(31-6)10-12-19/h7-13,16,21,24H,14-15H2,1-6H3,(H,25,28)/t21-/m0/s1. The molecule has 0 radical (unpaired) electrons. The summed E-state index contributed by atoms with van der Waals surface area (Å²) < 4.78 is 38.1. The molecule has 0 bridgehead atoms. The van der Waals surface area contributed by atoms with Gasteiger partial charge >= 0.3 is 0 Å². The summed E-state index contributed by atoms with van der Waals surface area (Å²) in [6.45, 7) is 8.73. The van der Waals surface area contributed by atoms with Crippen LogP contribution in [0.5, 0.6) is 5.75 Å². The van der Waals surface area contributed by atoms with Crippen LogP contribution in [0.4, 0.5) is 0 Å². The Balaban J connectivity index is 2.26. The second-order valence-electron chi connectivity index (χ2n) is 9.03. The van der Waals surface area contributed by atoms with E-state index in [0.717, 1.165) is 0 Å². The zero-order chi connectivity index (χ0) is 24.8. The van der Waals surface area contributed by atoms with Crippen LogP contribution < -0.4 is 14.8 Å². The Bertz CT molecular complexity index is 1030. The van der Waals surface area contributed by atoms with Gasteiger partial charge in [-0.1, -0.05) is 13.8 Å². The van der Waals surface area contributed by atoms with E-state index in [4.69, 9.17) is 9.15 Å². The fourth-order valence-electron chi connectivity index (χ4n) is 3.26. The third-order valence-corrected chi connectivity index (χ3v) is 6.16. The molecule has 2 rings (SSSR count). The molecule has 1 atom stereocenters. The Hall–Kier alpha value is -2.85. The van der Waals surface area contributed by atoms with E-state index in [1.165, 1.54) is 42.5 Å². The maximum atomic E-state index is 13.2. The largest absolute Gasteiger partial charge is 0.497 e. The molecule has 0 fully saturated rings. The topological polar surface area (TPSA) is 118 Å². The van der Waals surface area contributed by atoms with Gasteiger partial charge in [-0.15, -0.1) is 0 Å². The number of nitrogens with one attached hydrogen (secondary N) is 2. The average molecular weight is 480 g/mol. The van der Waals surface area contributed by atoms with Crippen LogP contribution in [0.3, 0.4) is 0 Å². The first-order valence-corrected chi connectivity index (χ1v) is 12.1. The Kier molecular flexibility index (Phi) is 8.68. The van der Waals surface area contributed by atoms with E-state index in [1.54, 1.807) is 12.1 Å². The van der Waals surface area contributed by atoms with Crippen molar-refractivity contribution in [3.63, 3.8) is 0 Å². The minimum absolute atomic E-state index is 0.000398. The zero-order valence-corrected chi connectivity index (χ0v) is 20.7. The van der Waals surface area contributed by atoms with Gasteiger partial charge in [-0.2, -0.15) is 0 Å². The molecule has 9 nitrogen and oxygen atoms in total. The fraction of sp³-hybridized carbons (Fsp3) is 0.478. The van der Waals surface area contributed by atoms with Crippen LogP contribution in [-0.4, -0.2) is 50.4 Å². The van der Waals surface area contributed by atoms with Crippen molar-refractivity contribution < 1.29 is 27.2 Å². The van der Waals surface area contributed by atoms with Crippen LogP contribution in [0.15, 0.2) is 52.0 Å². The van der Waals surface area contributed by atoms with Gasteiger partial charge in [0.2, 0.25) is 21.8 Å². The number of amides is 2. The molecule has 182 valence electrons. The lowest BCUT2D eigenvalue weighted by molar-refractivity contribution is -0.143. The van der Waals surface area contributed by atoms with E-state index in [0.29, 0.717) is 11.5 Å². The summed E-state index contributed by atoms with van der Waals surface area (Å²) in [5, 5.41) is 2.91. The monoisotopic (exact) mass is 479 g/mol. The van der Waals surface area contributed by atoms with Crippen LogP contribution in [0.1, 0.15) is 40.4 Å². The number of benzene rings is 1. The van der Waals surface area contributed by atoms with Crippen LogP contribution >= 0.6 is 0 Å². The highest BCUT2D eigenvalue weighted by Gasteiger charge is 2.35. The maximum Gasteiger partial charge on any atom is 0.243 e. The zero-order valence-electron chi connectivity index (χ0n) is 19.9. The molecule has 1 aromatic carbocycles. The van der Waals surface area contributed by atoms with Crippen molar-refractivity contribution in [1.29, 1.82) is 0 Å². The lowest BCUT2D eigenvalue weighted by atomic mass is 9.99. The van der Waals surface area contributed by atoms with Gasteiger partial charge < -0.3 is 19.4 Å². The van der Waals surface area contributed by atoms with E-state index >= 15 is 0 Å². The third-order valence-electron chi connectivity index (χ3n) is 4.74. The van der Waals surface area contributed by atoms with E-state index in [9.17, 15) is 18.0 Å². The molecule has 0 spiro atoms. The predicted molar refractivity (Wildman–Crippen MR) is 124 cm³/mol.